The minimum atomic E-state index is -0.454. The summed E-state index contributed by atoms with van der Waals surface area (Å²) in [4.78, 5) is 24.2. The third kappa shape index (κ3) is 4.69. The van der Waals surface area contributed by atoms with Crippen LogP contribution in [-0.2, 0) is 4.79 Å². The van der Waals surface area contributed by atoms with Gasteiger partial charge in [0.25, 0.3) is 11.6 Å². The largest absolute Gasteiger partial charge is 0.497 e. The van der Waals surface area contributed by atoms with Crippen LogP contribution in [0, 0.1) is 10.1 Å². The molecule has 132 valence electrons. The van der Waals surface area contributed by atoms with Gasteiger partial charge < -0.3 is 14.4 Å². The van der Waals surface area contributed by atoms with Gasteiger partial charge in [-0.25, -0.2) is 0 Å². The molecule has 25 heavy (non-hydrogen) atoms. The molecule has 0 aliphatic rings. The predicted octanol–water partition coefficient (Wildman–Crippen LogP) is 3.20. The van der Waals surface area contributed by atoms with Crippen molar-refractivity contribution < 1.29 is 19.2 Å². The molecule has 0 unspecified atom stereocenters. The molecular formula is C18H20N2O5. The number of carbonyl (C=O) groups is 1. The Kier molecular flexibility index (Phi) is 5.94. The maximum Gasteiger partial charge on any atom is 0.269 e. The molecule has 0 fully saturated rings. The Morgan fingerprint density at radius 2 is 1.84 bits per heavy atom. The van der Waals surface area contributed by atoms with E-state index in [2.05, 4.69) is 0 Å². The number of benzene rings is 2. The van der Waals surface area contributed by atoms with Gasteiger partial charge >= 0.3 is 0 Å². The molecule has 0 radical (unpaired) electrons. The second-order valence-electron chi connectivity index (χ2n) is 5.50. The van der Waals surface area contributed by atoms with Gasteiger partial charge in [-0.15, -0.1) is 0 Å². The van der Waals surface area contributed by atoms with Crippen LogP contribution in [0.15, 0.2) is 48.5 Å². The summed E-state index contributed by atoms with van der Waals surface area (Å²) in [5.41, 5.74) is 0.689. The van der Waals surface area contributed by atoms with Gasteiger partial charge in [0.1, 0.15) is 11.5 Å². The van der Waals surface area contributed by atoms with E-state index in [-0.39, 0.29) is 24.2 Å². The van der Waals surface area contributed by atoms with Crippen molar-refractivity contribution in [3.8, 4) is 11.5 Å². The number of nitro benzene ring substituents is 1. The maximum atomic E-state index is 12.3. The number of amides is 1. The van der Waals surface area contributed by atoms with E-state index in [4.69, 9.17) is 9.47 Å². The Morgan fingerprint density at radius 1 is 1.20 bits per heavy atom. The topological polar surface area (TPSA) is 81.9 Å². The van der Waals surface area contributed by atoms with Gasteiger partial charge in [0.15, 0.2) is 6.61 Å². The first-order valence-electron chi connectivity index (χ1n) is 7.69. The van der Waals surface area contributed by atoms with Gasteiger partial charge in [-0.3, -0.25) is 14.9 Å². The number of ether oxygens (including phenoxy) is 2. The van der Waals surface area contributed by atoms with E-state index in [0.29, 0.717) is 17.1 Å². The van der Waals surface area contributed by atoms with E-state index in [0.717, 1.165) is 0 Å². The minimum Gasteiger partial charge on any atom is -0.497 e. The van der Waals surface area contributed by atoms with Crippen LogP contribution >= 0.6 is 0 Å². The first-order chi connectivity index (χ1) is 11.9. The van der Waals surface area contributed by atoms with Crippen LogP contribution in [0.1, 0.15) is 18.5 Å². The molecule has 0 aliphatic heterocycles. The molecule has 0 aromatic heterocycles. The van der Waals surface area contributed by atoms with Crippen molar-refractivity contribution in [3.63, 3.8) is 0 Å². The van der Waals surface area contributed by atoms with Crippen molar-refractivity contribution in [2.24, 2.45) is 0 Å². The van der Waals surface area contributed by atoms with Crippen molar-refractivity contribution in [2.45, 2.75) is 13.0 Å². The third-order valence-electron chi connectivity index (χ3n) is 3.96. The summed E-state index contributed by atoms with van der Waals surface area (Å²) >= 11 is 0. The monoisotopic (exact) mass is 344 g/mol. The minimum absolute atomic E-state index is 0.000295. The number of nitrogens with zero attached hydrogens (tertiary/aromatic N) is 2. The predicted molar refractivity (Wildman–Crippen MR) is 92.8 cm³/mol. The number of non-ortho nitro benzene ring substituents is 1. The zero-order valence-electron chi connectivity index (χ0n) is 14.3. The lowest BCUT2D eigenvalue weighted by Crippen LogP contribution is -2.33. The van der Waals surface area contributed by atoms with Crippen molar-refractivity contribution in [1.82, 2.24) is 4.90 Å². The fourth-order valence-electron chi connectivity index (χ4n) is 2.26. The smallest absolute Gasteiger partial charge is 0.269 e. The highest BCUT2D eigenvalue weighted by Crippen LogP contribution is 2.23. The van der Waals surface area contributed by atoms with Gasteiger partial charge in [0, 0.05) is 19.2 Å². The molecule has 0 spiro atoms. The van der Waals surface area contributed by atoms with E-state index in [9.17, 15) is 14.9 Å². The van der Waals surface area contributed by atoms with Gasteiger partial charge in [0.2, 0.25) is 0 Å². The number of likely N-dealkylation sites (N-methyl/N-ethyl adjacent to an activating group) is 1. The van der Waals surface area contributed by atoms with Crippen LogP contribution in [-0.4, -0.2) is 36.5 Å². The molecule has 1 amide bonds. The Labute approximate surface area is 145 Å². The number of hydrogen-bond donors (Lipinski definition) is 0. The zero-order valence-corrected chi connectivity index (χ0v) is 14.3. The van der Waals surface area contributed by atoms with Crippen LogP contribution in [0.3, 0.4) is 0 Å². The molecule has 1 atom stereocenters. The molecule has 0 saturated heterocycles. The summed E-state index contributed by atoms with van der Waals surface area (Å²) in [6.45, 7) is 1.69. The Bertz CT molecular complexity index is 745. The van der Waals surface area contributed by atoms with Crippen LogP contribution < -0.4 is 9.47 Å². The highest BCUT2D eigenvalue weighted by Gasteiger charge is 2.19. The lowest BCUT2D eigenvalue weighted by molar-refractivity contribution is -0.384. The summed E-state index contributed by atoms with van der Waals surface area (Å²) in [6, 6.07) is 12.9. The van der Waals surface area contributed by atoms with Crippen molar-refractivity contribution in [1.29, 1.82) is 0 Å². The van der Waals surface area contributed by atoms with Crippen molar-refractivity contribution in [2.75, 3.05) is 20.8 Å². The van der Waals surface area contributed by atoms with Gasteiger partial charge in [-0.05, 0) is 36.8 Å². The third-order valence-corrected chi connectivity index (χ3v) is 3.96. The van der Waals surface area contributed by atoms with Crippen molar-refractivity contribution in [3.05, 3.63) is 64.2 Å². The fraction of sp³-hybridized carbons (Fsp3) is 0.278. The van der Waals surface area contributed by atoms with E-state index in [1.54, 1.807) is 50.6 Å². The lowest BCUT2D eigenvalue weighted by atomic mass is 10.1. The Balaban J connectivity index is 1.98. The molecule has 0 saturated carbocycles. The van der Waals surface area contributed by atoms with Crippen LogP contribution in [0.4, 0.5) is 5.69 Å². The zero-order chi connectivity index (χ0) is 18.4. The lowest BCUT2D eigenvalue weighted by Gasteiger charge is -2.25. The molecule has 2 aromatic carbocycles. The standard InChI is InChI=1S/C18H20N2O5/c1-13(14-5-4-6-15(11-14)20(22)23)19(2)18(21)12-25-17-9-7-16(24-3)8-10-17/h4-11,13H,12H2,1-3H3/t13-/m1/s1. The average Bonchev–Trinajstić information content (AvgIpc) is 2.65. The van der Waals surface area contributed by atoms with E-state index in [1.807, 2.05) is 6.92 Å². The second kappa shape index (κ2) is 8.14. The molecule has 2 rings (SSSR count). The highest BCUT2D eigenvalue weighted by atomic mass is 16.6. The molecule has 0 bridgehead atoms. The molecular weight excluding hydrogens is 324 g/mol. The number of nitro groups is 1. The Hall–Kier alpha value is -3.09. The van der Waals surface area contributed by atoms with Gasteiger partial charge in [-0.2, -0.15) is 0 Å². The quantitative estimate of drug-likeness (QED) is 0.569. The number of hydrogen-bond acceptors (Lipinski definition) is 5. The molecule has 0 heterocycles. The van der Waals surface area contributed by atoms with E-state index >= 15 is 0 Å². The van der Waals surface area contributed by atoms with Crippen LogP contribution in [0.25, 0.3) is 0 Å². The maximum absolute atomic E-state index is 12.3. The van der Waals surface area contributed by atoms with E-state index in [1.165, 1.54) is 17.0 Å². The molecule has 0 N–H and O–H groups in total. The van der Waals surface area contributed by atoms with Crippen LogP contribution in [0.5, 0.6) is 11.5 Å². The molecule has 2 aromatic rings. The fourth-order valence-corrected chi connectivity index (χ4v) is 2.26. The average molecular weight is 344 g/mol. The first kappa shape index (κ1) is 18.3. The summed E-state index contributed by atoms with van der Waals surface area (Å²) in [5.74, 6) is 1.04. The van der Waals surface area contributed by atoms with E-state index < -0.39 is 4.92 Å². The normalized spacial score (nSPS) is 11.5. The number of rotatable bonds is 7. The summed E-state index contributed by atoms with van der Waals surface area (Å²) < 4.78 is 10.5. The number of methoxy groups -OCH3 is 1. The molecule has 7 nitrogen and oxygen atoms in total. The highest BCUT2D eigenvalue weighted by molar-refractivity contribution is 5.78. The summed E-state index contributed by atoms with van der Waals surface area (Å²) in [6.07, 6.45) is 0. The molecule has 7 heteroatoms. The van der Waals surface area contributed by atoms with Gasteiger partial charge in [-0.1, -0.05) is 12.1 Å². The first-order valence-corrected chi connectivity index (χ1v) is 7.69. The van der Waals surface area contributed by atoms with Gasteiger partial charge in [0.05, 0.1) is 18.1 Å². The summed E-state index contributed by atoms with van der Waals surface area (Å²) in [7, 11) is 3.22. The van der Waals surface area contributed by atoms with Crippen LogP contribution in [0.2, 0.25) is 0 Å². The second-order valence-corrected chi connectivity index (χ2v) is 5.50. The Morgan fingerprint density at radius 3 is 2.44 bits per heavy atom. The SMILES string of the molecule is COc1ccc(OCC(=O)N(C)[C@H](C)c2cccc([N+](=O)[O-])c2)cc1. The number of carbonyl (C=O) groups excluding carboxylic acids is 1. The van der Waals surface area contributed by atoms with Crippen molar-refractivity contribution >= 4 is 11.6 Å². The summed E-state index contributed by atoms with van der Waals surface area (Å²) in [5, 5.41) is 10.9. The molecule has 0 aliphatic carbocycles.